The zero-order valence-electron chi connectivity index (χ0n) is 14.0. The Kier molecular flexibility index (Phi) is 4.60. The summed E-state index contributed by atoms with van der Waals surface area (Å²) in [6.45, 7) is 2.72. The van der Waals surface area contributed by atoms with Crippen LogP contribution in [0.15, 0.2) is 0 Å². The zero-order valence-corrected chi connectivity index (χ0v) is 14.0. The zero-order chi connectivity index (χ0) is 16.4. The molecular weight excluding hydrogens is 294 g/mol. The molecular formula is C17H27N3O3. The second-order valence-corrected chi connectivity index (χ2v) is 7.11. The predicted octanol–water partition coefficient (Wildman–Crippen LogP) is 2.03. The maximum absolute atomic E-state index is 12.7. The van der Waals surface area contributed by atoms with Crippen molar-refractivity contribution in [2.24, 2.45) is 0 Å². The van der Waals surface area contributed by atoms with Crippen LogP contribution in [0.5, 0.6) is 0 Å². The lowest BCUT2D eigenvalue weighted by Crippen LogP contribution is -2.50. The lowest BCUT2D eigenvalue weighted by atomic mass is 9.82. The molecule has 3 fully saturated rings. The molecule has 1 N–H and O–H groups in total. The second kappa shape index (κ2) is 6.49. The van der Waals surface area contributed by atoms with Gasteiger partial charge in [0.1, 0.15) is 12.1 Å². The summed E-state index contributed by atoms with van der Waals surface area (Å²) in [5, 5.41) is 2.87. The first-order chi connectivity index (χ1) is 11.1. The molecule has 0 aromatic heterocycles. The molecule has 1 aliphatic carbocycles. The number of carbonyl (C=O) groups is 3. The van der Waals surface area contributed by atoms with Gasteiger partial charge in [0.2, 0.25) is 5.91 Å². The molecule has 2 heterocycles. The fourth-order valence-corrected chi connectivity index (χ4v) is 4.29. The Balaban J connectivity index is 1.68. The van der Waals surface area contributed by atoms with E-state index >= 15 is 0 Å². The van der Waals surface area contributed by atoms with Crippen molar-refractivity contribution < 1.29 is 14.4 Å². The number of imide groups is 1. The Hall–Kier alpha value is -1.59. The van der Waals surface area contributed by atoms with Crippen molar-refractivity contribution in [1.82, 2.24) is 15.1 Å². The number of rotatable bonds is 3. The van der Waals surface area contributed by atoms with Crippen molar-refractivity contribution in [2.45, 2.75) is 76.3 Å². The number of amides is 4. The van der Waals surface area contributed by atoms with Gasteiger partial charge < -0.3 is 10.2 Å². The van der Waals surface area contributed by atoms with Crippen LogP contribution in [0.3, 0.4) is 0 Å². The highest BCUT2D eigenvalue weighted by atomic mass is 16.2. The molecule has 4 amide bonds. The first-order valence-electron chi connectivity index (χ1n) is 9.01. The standard InChI is InChI=1S/C17H27N3O3/c1-2-13-8-4-7-11-19(13)14(21)12-20-15(22)17(18-16(20)23)9-5-3-6-10-17/h13H,2-12H2,1H3,(H,18,23). The lowest BCUT2D eigenvalue weighted by molar-refractivity contribution is -0.141. The molecule has 1 unspecified atom stereocenters. The maximum atomic E-state index is 12.7. The Labute approximate surface area is 137 Å². The average molecular weight is 321 g/mol. The van der Waals surface area contributed by atoms with Crippen molar-refractivity contribution >= 4 is 17.8 Å². The second-order valence-electron chi connectivity index (χ2n) is 7.11. The van der Waals surface area contributed by atoms with Gasteiger partial charge in [-0.25, -0.2) is 4.79 Å². The summed E-state index contributed by atoms with van der Waals surface area (Å²) in [5.41, 5.74) is -0.734. The molecule has 2 aliphatic heterocycles. The van der Waals surface area contributed by atoms with Gasteiger partial charge in [-0.05, 0) is 38.5 Å². The van der Waals surface area contributed by atoms with Gasteiger partial charge in [0.15, 0.2) is 0 Å². The summed E-state index contributed by atoms with van der Waals surface area (Å²) in [5.74, 6) is -0.284. The van der Waals surface area contributed by atoms with Crippen molar-refractivity contribution in [3.8, 4) is 0 Å². The molecule has 3 rings (SSSR count). The van der Waals surface area contributed by atoms with Gasteiger partial charge in [-0.2, -0.15) is 0 Å². The fraction of sp³-hybridized carbons (Fsp3) is 0.824. The highest BCUT2D eigenvalue weighted by Crippen LogP contribution is 2.33. The van der Waals surface area contributed by atoms with Gasteiger partial charge >= 0.3 is 6.03 Å². The van der Waals surface area contributed by atoms with Gasteiger partial charge in [-0.1, -0.05) is 26.2 Å². The Morgan fingerprint density at radius 2 is 1.91 bits per heavy atom. The van der Waals surface area contributed by atoms with Crippen molar-refractivity contribution in [2.75, 3.05) is 13.1 Å². The molecule has 0 aromatic carbocycles. The smallest absolute Gasteiger partial charge is 0.325 e. The van der Waals surface area contributed by atoms with E-state index in [1.54, 1.807) is 0 Å². The fourth-order valence-electron chi connectivity index (χ4n) is 4.29. The highest BCUT2D eigenvalue weighted by molar-refractivity contribution is 6.09. The van der Waals surface area contributed by atoms with Crippen LogP contribution in [-0.4, -0.2) is 52.3 Å². The quantitative estimate of drug-likeness (QED) is 0.809. The molecule has 128 valence electrons. The summed E-state index contributed by atoms with van der Waals surface area (Å²) in [4.78, 5) is 40.6. The third-order valence-electron chi connectivity index (χ3n) is 5.67. The Morgan fingerprint density at radius 1 is 1.17 bits per heavy atom. The molecule has 1 atom stereocenters. The maximum Gasteiger partial charge on any atom is 0.325 e. The third-order valence-corrected chi connectivity index (χ3v) is 5.67. The number of hydrogen-bond donors (Lipinski definition) is 1. The van der Waals surface area contributed by atoms with Crippen molar-refractivity contribution in [3.63, 3.8) is 0 Å². The van der Waals surface area contributed by atoms with Gasteiger partial charge in [0.05, 0.1) is 0 Å². The van der Waals surface area contributed by atoms with Crippen LogP contribution < -0.4 is 5.32 Å². The molecule has 1 saturated carbocycles. The van der Waals surface area contributed by atoms with Crippen LogP contribution in [0.4, 0.5) is 4.79 Å². The van der Waals surface area contributed by atoms with E-state index in [4.69, 9.17) is 0 Å². The molecule has 1 spiro atoms. The number of nitrogens with one attached hydrogen (secondary N) is 1. The van der Waals surface area contributed by atoms with E-state index < -0.39 is 11.6 Å². The lowest BCUT2D eigenvalue weighted by Gasteiger charge is -2.36. The Morgan fingerprint density at radius 3 is 2.61 bits per heavy atom. The van der Waals surface area contributed by atoms with Crippen LogP contribution >= 0.6 is 0 Å². The number of likely N-dealkylation sites (tertiary alicyclic amines) is 1. The number of piperidine rings is 1. The largest absolute Gasteiger partial charge is 0.338 e. The number of hydrogen-bond acceptors (Lipinski definition) is 3. The van der Waals surface area contributed by atoms with Crippen LogP contribution in [0.2, 0.25) is 0 Å². The summed E-state index contributed by atoms with van der Waals surface area (Å²) in [6.07, 6.45) is 8.52. The topological polar surface area (TPSA) is 69.7 Å². The van der Waals surface area contributed by atoms with Crippen molar-refractivity contribution in [3.05, 3.63) is 0 Å². The van der Waals surface area contributed by atoms with E-state index in [-0.39, 0.29) is 24.4 Å². The normalized spacial score (nSPS) is 27.4. The molecule has 23 heavy (non-hydrogen) atoms. The van der Waals surface area contributed by atoms with Crippen molar-refractivity contribution in [1.29, 1.82) is 0 Å². The van der Waals surface area contributed by atoms with E-state index in [1.165, 1.54) is 0 Å². The van der Waals surface area contributed by atoms with Gasteiger partial charge in [-0.3, -0.25) is 14.5 Å². The molecule has 6 heteroatoms. The third kappa shape index (κ3) is 2.95. The molecule has 2 saturated heterocycles. The SMILES string of the molecule is CCC1CCCCN1C(=O)CN1C(=O)NC2(CCCCC2)C1=O. The summed E-state index contributed by atoms with van der Waals surface area (Å²) < 4.78 is 0. The van der Waals surface area contributed by atoms with Crippen LogP contribution in [0, 0.1) is 0 Å². The first kappa shape index (κ1) is 16.3. The molecule has 3 aliphatic rings. The van der Waals surface area contributed by atoms with E-state index in [9.17, 15) is 14.4 Å². The van der Waals surface area contributed by atoms with Gasteiger partial charge in [0, 0.05) is 12.6 Å². The molecule has 6 nitrogen and oxygen atoms in total. The summed E-state index contributed by atoms with van der Waals surface area (Å²) in [7, 11) is 0. The van der Waals surface area contributed by atoms with E-state index in [2.05, 4.69) is 12.2 Å². The van der Waals surface area contributed by atoms with Crippen LogP contribution in [0.1, 0.15) is 64.7 Å². The summed E-state index contributed by atoms with van der Waals surface area (Å²) in [6, 6.07) is -0.143. The highest BCUT2D eigenvalue weighted by Gasteiger charge is 2.51. The van der Waals surface area contributed by atoms with Gasteiger partial charge in [0.25, 0.3) is 5.91 Å². The molecule has 0 bridgehead atoms. The number of urea groups is 1. The summed E-state index contributed by atoms with van der Waals surface area (Å²) >= 11 is 0. The average Bonchev–Trinajstić information content (AvgIpc) is 2.79. The monoisotopic (exact) mass is 321 g/mol. The number of carbonyl (C=O) groups excluding carboxylic acids is 3. The van der Waals surface area contributed by atoms with Crippen LogP contribution in [-0.2, 0) is 9.59 Å². The molecule has 0 radical (unpaired) electrons. The minimum absolute atomic E-state index is 0.0899. The Bertz CT molecular complexity index is 499. The predicted molar refractivity (Wildman–Crippen MR) is 85.7 cm³/mol. The number of nitrogens with zero attached hydrogens (tertiary/aromatic N) is 2. The van der Waals surface area contributed by atoms with Crippen LogP contribution in [0.25, 0.3) is 0 Å². The first-order valence-corrected chi connectivity index (χ1v) is 9.01. The van der Waals surface area contributed by atoms with E-state index in [0.29, 0.717) is 12.8 Å². The molecule has 0 aromatic rings. The minimum atomic E-state index is -0.734. The van der Waals surface area contributed by atoms with E-state index in [1.807, 2.05) is 4.90 Å². The minimum Gasteiger partial charge on any atom is -0.338 e. The van der Waals surface area contributed by atoms with Gasteiger partial charge in [-0.15, -0.1) is 0 Å². The van der Waals surface area contributed by atoms with E-state index in [0.717, 1.165) is 56.4 Å².